The summed E-state index contributed by atoms with van der Waals surface area (Å²) < 4.78 is 10.0. The molecule has 0 saturated heterocycles. The maximum absolute atomic E-state index is 13.6. The Labute approximate surface area is 311 Å². The molecule has 0 fully saturated rings. The monoisotopic (exact) mass is 750 g/mol. The minimum absolute atomic E-state index is 0.00866. The molecule has 0 bridgehead atoms. The minimum atomic E-state index is -1.13. The van der Waals surface area contributed by atoms with E-state index in [-0.39, 0.29) is 18.8 Å². The Balaban J connectivity index is 3.03. The summed E-state index contributed by atoms with van der Waals surface area (Å²) in [6, 6.07) is 3.80. The zero-order valence-electron chi connectivity index (χ0n) is 32.0. The molecule has 292 valence electrons. The van der Waals surface area contributed by atoms with Crippen molar-refractivity contribution in [1.82, 2.24) is 31.9 Å². The van der Waals surface area contributed by atoms with Crippen molar-refractivity contribution >= 4 is 53.4 Å². The van der Waals surface area contributed by atoms with Crippen LogP contribution in [-0.2, 0) is 44.7 Å². The van der Waals surface area contributed by atoms with E-state index >= 15 is 0 Å². The van der Waals surface area contributed by atoms with E-state index < -0.39 is 89.9 Å². The second-order valence-corrected chi connectivity index (χ2v) is 15.2. The first-order valence-electron chi connectivity index (χ1n) is 17.4. The Morgan fingerprint density at radius 1 is 0.750 bits per heavy atom. The lowest BCUT2D eigenvalue weighted by molar-refractivity contribution is -0.145. The number of carbonyl (C=O) groups excluding carboxylic acids is 7. The van der Waals surface area contributed by atoms with E-state index in [0.717, 1.165) is 5.56 Å². The van der Waals surface area contributed by atoms with Gasteiger partial charge in [-0.15, -0.1) is 0 Å². The summed E-state index contributed by atoms with van der Waals surface area (Å²) in [4.78, 5) is 90.7. The first kappa shape index (κ1) is 45.7. The third kappa shape index (κ3) is 17.7. The van der Waals surface area contributed by atoms with Gasteiger partial charge >= 0.3 is 12.1 Å². The first-order valence-corrected chi connectivity index (χ1v) is 18.8. The van der Waals surface area contributed by atoms with Gasteiger partial charge in [0, 0.05) is 6.42 Å². The van der Waals surface area contributed by atoms with Crippen LogP contribution in [0.3, 0.4) is 0 Å². The molecule has 1 aromatic rings. The van der Waals surface area contributed by atoms with Gasteiger partial charge in [0.05, 0.1) is 13.7 Å². The molecule has 0 heterocycles. The molecule has 0 saturated carbocycles. The van der Waals surface area contributed by atoms with Crippen molar-refractivity contribution in [3.8, 4) is 0 Å². The molecule has 15 nitrogen and oxygen atoms in total. The van der Waals surface area contributed by atoms with Gasteiger partial charge in [-0.05, 0) is 69.9 Å². The molecule has 1 aromatic carbocycles. The molecule has 52 heavy (non-hydrogen) atoms. The van der Waals surface area contributed by atoms with Gasteiger partial charge in [-0.3, -0.25) is 24.0 Å². The smallest absolute Gasteiger partial charge is 0.408 e. The molecule has 0 radical (unpaired) electrons. The lowest BCUT2D eigenvalue weighted by Gasteiger charge is -2.27. The fourth-order valence-electron chi connectivity index (χ4n) is 4.82. The molecule has 1 rings (SSSR count). The van der Waals surface area contributed by atoms with Crippen LogP contribution in [0.15, 0.2) is 30.3 Å². The molecular weight excluding hydrogens is 692 g/mol. The van der Waals surface area contributed by atoms with Crippen molar-refractivity contribution in [2.45, 2.75) is 110 Å². The lowest BCUT2D eigenvalue weighted by atomic mass is 10.0. The summed E-state index contributed by atoms with van der Waals surface area (Å²) in [6.45, 7) is 13.2. The molecule has 0 aliphatic heterocycles. The van der Waals surface area contributed by atoms with Crippen LogP contribution >= 0.6 is 11.8 Å². The predicted octanol–water partition coefficient (Wildman–Crippen LogP) is 1.83. The van der Waals surface area contributed by atoms with Crippen LogP contribution in [0.2, 0.25) is 0 Å². The van der Waals surface area contributed by atoms with Gasteiger partial charge < -0.3 is 41.4 Å². The number of ether oxygens (including phenoxy) is 2. The number of amides is 6. The summed E-state index contributed by atoms with van der Waals surface area (Å²) in [5.74, 6) is -3.58. The fraction of sp³-hybridized carbons (Fsp3) is 0.639. The second kappa shape index (κ2) is 22.6. The van der Waals surface area contributed by atoms with Gasteiger partial charge in [-0.1, -0.05) is 58.0 Å². The number of benzene rings is 1. The molecule has 5 atom stereocenters. The van der Waals surface area contributed by atoms with Gasteiger partial charge in [0.1, 0.15) is 35.8 Å². The molecular formula is C36H58N6O9S. The zero-order valence-corrected chi connectivity index (χ0v) is 32.9. The van der Waals surface area contributed by atoms with Crippen LogP contribution in [0, 0.1) is 11.8 Å². The predicted molar refractivity (Wildman–Crippen MR) is 199 cm³/mol. The Bertz CT molecular complexity index is 1350. The minimum Gasteiger partial charge on any atom is -0.467 e. The Kier molecular flexibility index (Phi) is 19.8. The van der Waals surface area contributed by atoms with E-state index in [1.165, 1.54) is 25.8 Å². The molecule has 0 aliphatic rings. The Morgan fingerprint density at radius 2 is 1.35 bits per heavy atom. The van der Waals surface area contributed by atoms with Crippen molar-refractivity contribution in [3.05, 3.63) is 35.9 Å². The van der Waals surface area contributed by atoms with Crippen LogP contribution in [0.5, 0.6) is 0 Å². The molecule has 0 unspecified atom stereocenters. The lowest BCUT2D eigenvalue weighted by Crippen LogP contribution is -2.58. The maximum atomic E-state index is 13.6. The van der Waals surface area contributed by atoms with Gasteiger partial charge in [0.15, 0.2) is 0 Å². The quantitative estimate of drug-likeness (QED) is 0.107. The van der Waals surface area contributed by atoms with Gasteiger partial charge in [-0.25, -0.2) is 9.59 Å². The van der Waals surface area contributed by atoms with Crippen LogP contribution in [0.25, 0.3) is 0 Å². The molecule has 6 N–H and O–H groups in total. The van der Waals surface area contributed by atoms with E-state index in [4.69, 9.17) is 9.47 Å². The zero-order chi connectivity index (χ0) is 39.6. The van der Waals surface area contributed by atoms with Gasteiger partial charge in [0.25, 0.3) is 0 Å². The fourth-order valence-corrected chi connectivity index (χ4v) is 5.29. The van der Waals surface area contributed by atoms with Crippen molar-refractivity contribution in [2.75, 3.05) is 25.7 Å². The van der Waals surface area contributed by atoms with E-state index in [2.05, 4.69) is 31.9 Å². The normalized spacial score (nSPS) is 14.2. The summed E-state index contributed by atoms with van der Waals surface area (Å²) in [5.41, 5.74) is -0.0454. The molecule has 0 aliphatic carbocycles. The maximum Gasteiger partial charge on any atom is 0.408 e. The molecule has 6 amide bonds. The number of alkyl carbamates (subject to hydrolysis) is 1. The molecule has 0 aromatic heterocycles. The summed E-state index contributed by atoms with van der Waals surface area (Å²) in [7, 11) is 1.23. The third-order valence-electron chi connectivity index (χ3n) is 7.48. The largest absolute Gasteiger partial charge is 0.467 e. The molecule has 0 spiro atoms. The highest BCUT2D eigenvalue weighted by molar-refractivity contribution is 7.98. The Morgan fingerprint density at radius 3 is 1.88 bits per heavy atom. The number of hydrogen-bond donors (Lipinski definition) is 6. The van der Waals surface area contributed by atoms with Crippen LogP contribution in [0.4, 0.5) is 4.79 Å². The van der Waals surface area contributed by atoms with Crippen LogP contribution in [-0.4, -0.2) is 103 Å². The summed E-state index contributed by atoms with van der Waals surface area (Å²) in [6.07, 6.45) is 1.77. The summed E-state index contributed by atoms with van der Waals surface area (Å²) in [5, 5.41) is 15.6. The van der Waals surface area contributed by atoms with E-state index in [0.29, 0.717) is 12.2 Å². The number of nitrogens with one attached hydrogen (secondary N) is 6. The number of hydrogen-bond acceptors (Lipinski definition) is 10. The average Bonchev–Trinajstić information content (AvgIpc) is 3.05. The SMILES string of the molecule is COC(=O)[C@H](CCSC)NC(=O)[C@H](CC(C)C)NC(=O)CNC(=O)[C@@H](NC(=O)[C@H](Cc1ccccc1)NC(=O)[C@H](C)NC(=O)OC(C)(C)C)C(C)C. The van der Waals surface area contributed by atoms with E-state index in [1.807, 2.05) is 26.2 Å². The Hall–Kier alpha value is -4.34. The highest BCUT2D eigenvalue weighted by atomic mass is 32.2. The van der Waals surface area contributed by atoms with Crippen molar-refractivity contribution in [1.29, 1.82) is 0 Å². The molecule has 16 heteroatoms. The van der Waals surface area contributed by atoms with Crippen LogP contribution < -0.4 is 31.9 Å². The number of esters is 1. The van der Waals surface area contributed by atoms with Gasteiger partial charge in [0.2, 0.25) is 29.5 Å². The number of carbonyl (C=O) groups is 7. The topological polar surface area (TPSA) is 210 Å². The van der Waals surface area contributed by atoms with Crippen LogP contribution in [0.1, 0.15) is 73.8 Å². The average molecular weight is 751 g/mol. The first-order chi connectivity index (χ1) is 24.3. The van der Waals surface area contributed by atoms with Crippen molar-refractivity contribution in [2.24, 2.45) is 11.8 Å². The van der Waals surface area contributed by atoms with E-state index in [9.17, 15) is 33.6 Å². The second-order valence-electron chi connectivity index (χ2n) is 14.2. The summed E-state index contributed by atoms with van der Waals surface area (Å²) >= 11 is 1.51. The number of thioether (sulfide) groups is 1. The number of methoxy groups -OCH3 is 1. The standard InChI is InChI=1S/C36H58N6O9S/c1-21(2)18-26(31(45)40-25(16-17-52-10)34(48)50-9)39-28(43)20-37-33(47)29(22(3)4)42-32(46)27(19-24-14-12-11-13-15-24)41-30(44)23(5)38-35(49)51-36(6,7)8/h11-15,21-23,25-27,29H,16-20H2,1-10H3,(H,37,47)(H,38,49)(H,39,43)(H,40,45)(H,41,44)(H,42,46)/t23-,25-,26-,27-,29-/m0/s1. The van der Waals surface area contributed by atoms with E-state index in [1.54, 1.807) is 58.9 Å². The van der Waals surface area contributed by atoms with Gasteiger partial charge in [-0.2, -0.15) is 11.8 Å². The highest BCUT2D eigenvalue weighted by Crippen LogP contribution is 2.10. The number of rotatable bonds is 20. The van der Waals surface area contributed by atoms with Crippen molar-refractivity contribution < 1.29 is 43.0 Å². The highest BCUT2D eigenvalue weighted by Gasteiger charge is 2.32. The van der Waals surface area contributed by atoms with Crippen molar-refractivity contribution in [3.63, 3.8) is 0 Å². The third-order valence-corrected chi connectivity index (χ3v) is 8.13.